The molecule has 0 unspecified atom stereocenters. The van der Waals surface area contributed by atoms with Crippen molar-refractivity contribution in [3.8, 4) is 22.6 Å². The maximum atomic E-state index is 12.6. The lowest BCUT2D eigenvalue weighted by molar-refractivity contribution is 0.102. The molecule has 0 spiro atoms. The van der Waals surface area contributed by atoms with Crippen LogP contribution in [0.4, 0.5) is 5.82 Å². The van der Waals surface area contributed by atoms with Crippen LogP contribution in [-0.4, -0.2) is 30.3 Å². The Morgan fingerprint density at radius 1 is 1.04 bits per heavy atom. The van der Waals surface area contributed by atoms with Crippen LogP contribution in [0, 0.1) is 13.8 Å². The molecule has 1 heterocycles. The molecule has 0 bridgehead atoms. The molecule has 0 fully saturated rings. The number of ether oxygens (including phenoxy) is 2. The second kappa shape index (κ2) is 7.31. The number of H-pyrrole nitrogens is 1. The number of carbonyl (C=O) groups excluding carboxylic acids is 1. The molecule has 0 aliphatic heterocycles. The minimum atomic E-state index is -0.207. The van der Waals surface area contributed by atoms with Crippen LogP contribution < -0.4 is 14.8 Å². The molecule has 2 N–H and O–H groups in total. The van der Waals surface area contributed by atoms with Gasteiger partial charge in [0.25, 0.3) is 5.91 Å². The number of carbonyl (C=O) groups is 1. The molecule has 134 valence electrons. The molecule has 2 aromatic carbocycles. The van der Waals surface area contributed by atoms with Crippen molar-refractivity contribution in [2.24, 2.45) is 0 Å². The summed E-state index contributed by atoms with van der Waals surface area (Å²) in [7, 11) is 3.18. The first-order valence-corrected chi connectivity index (χ1v) is 8.19. The van der Waals surface area contributed by atoms with E-state index in [1.807, 2.05) is 50.2 Å². The number of amides is 1. The predicted octanol–water partition coefficient (Wildman–Crippen LogP) is 3.96. The number of hydrogen-bond donors (Lipinski definition) is 2. The highest BCUT2D eigenvalue weighted by Crippen LogP contribution is 2.36. The first-order chi connectivity index (χ1) is 12.5. The van der Waals surface area contributed by atoms with Gasteiger partial charge in [0.1, 0.15) is 0 Å². The van der Waals surface area contributed by atoms with Crippen molar-refractivity contribution >= 4 is 11.7 Å². The Balaban J connectivity index is 1.96. The van der Waals surface area contributed by atoms with Crippen LogP contribution in [0.3, 0.4) is 0 Å². The number of anilines is 1. The lowest BCUT2D eigenvalue weighted by atomic mass is 10.0. The van der Waals surface area contributed by atoms with Crippen LogP contribution in [0.25, 0.3) is 11.1 Å². The Morgan fingerprint density at radius 3 is 2.50 bits per heavy atom. The molecule has 0 aliphatic carbocycles. The van der Waals surface area contributed by atoms with Gasteiger partial charge >= 0.3 is 0 Å². The van der Waals surface area contributed by atoms with Crippen molar-refractivity contribution in [2.45, 2.75) is 13.8 Å². The number of nitrogens with one attached hydrogen (secondary N) is 2. The van der Waals surface area contributed by atoms with E-state index in [4.69, 9.17) is 9.47 Å². The van der Waals surface area contributed by atoms with Crippen molar-refractivity contribution in [1.82, 2.24) is 10.2 Å². The van der Waals surface area contributed by atoms with Crippen molar-refractivity contribution in [1.29, 1.82) is 0 Å². The molecule has 0 saturated carbocycles. The second-order valence-electron chi connectivity index (χ2n) is 5.97. The summed E-state index contributed by atoms with van der Waals surface area (Å²) >= 11 is 0. The molecule has 6 heteroatoms. The predicted molar refractivity (Wildman–Crippen MR) is 101 cm³/mol. The van der Waals surface area contributed by atoms with E-state index in [9.17, 15) is 4.79 Å². The van der Waals surface area contributed by atoms with Crippen LogP contribution in [-0.2, 0) is 0 Å². The molecule has 0 radical (unpaired) electrons. The number of aromatic nitrogens is 2. The molecule has 1 aromatic heterocycles. The molecule has 1 amide bonds. The minimum absolute atomic E-state index is 0.207. The molecule has 0 aliphatic rings. The second-order valence-corrected chi connectivity index (χ2v) is 5.97. The fourth-order valence-corrected chi connectivity index (χ4v) is 2.83. The van der Waals surface area contributed by atoms with Gasteiger partial charge < -0.3 is 14.8 Å². The van der Waals surface area contributed by atoms with E-state index in [1.54, 1.807) is 20.3 Å². The fourth-order valence-electron chi connectivity index (χ4n) is 2.83. The van der Waals surface area contributed by atoms with Crippen molar-refractivity contribution in [3.63, 3.8) is 0 Å². The van der Waals surface area contributed by atoms with Crippen molar-refractivity contribution in [2.75, 3.05) is 19.5 Å². The van der Waals surface area contributed by atoms with Crippen LogP contribution in [0.2, 0.25) is 0 Å². The average molecular weight is 351 g/mol. The molecule has 26 heavy (non-hydrogen) atoms. The van der Waals surface area contributed by atoms with E-state index in [0.29, 0.717) is 22.9 Å². The van der Waals surface area contributed by atoms with Gasteiger partial charge in [-0.25, -0.2) is 0 Å². The normalized spacial score (nSPS) is 10.5. The van der Waals surface area contributed by atoms with Crippen LogP contribution >= 0.6 is 0 Å². The van der Waals surface area contributed by atoms with E-state index in [-0.39, 0.29) is 5.91 Å². The minimum Gasteiger partial charge on any atom is -0.493 e. The highest BCUT2D eigenvalue weighted by Gasteiger charge is 2.17. The third-order valence-electron chi connectivity index (χ3n) is 4.13. The first kappa shape index (κ1) is 17.5. The summed E-state index contributed by atoms with van der Waals surface area (Å²) in [5.41, 5.74) is 4.14. The summed E-state index contributed by atoms with van der Waals surface area (Å²) in [5.74, 6) is 1.52. The largest absolute Gasteiger partial charge is 0.493 e. The molecule has 0 atom stereocenters. The molecule has 6 nitrogen and oxygen atoms in total. The maximum Gasteiger partial charge on any atom is 0.256 e. The Morgan fingerprint density at radius 2 is 1.81 bits per heavy atom. The number of aryl methyl sites for hydroxylation is 2. The molecule has 3 aromatic rings. The van der Waals surface area contributed by atoms with E-state index in [0.717, 1.165) is 22.4 Å². The number of nitrogens with zero attached hydrogens (tertiary/aromatic N) is 1. The number of methoxy groups -OCH3 is 2. The smallest absolute Gasteiger partial charge is 0.256 e. The highest BCUT2D eigenvalue weighted by molar-refractivity contribution is 6.05. The molecular weight excluding hydrogens is 330 g/mol. The fraction of sp³-hybridized carbons (Fsp3) is 0.200. The van der Waals surface area contributed by atoms with Gasteiger partial charge in [-0.3, -0.25) is 9.89 Å². The molecular formula is C20H21N3O3. The Labute approximate surface area is 152 Å². The lowest BCUT2D eigenvalue weighted by Crippen LogP contribution is -2.13. The van der Waals surface area contributed by atoms with Crippen LogP contribution in [0.5, 0.6) is 11.5 Å². The van der Waals surface area contributed by atoms with Gasteiger partial charge in [0, 0.05) is 16.8 Å². The maximum absolute atomic E-state index is 12.6. The SMILES string of the molecule is COc1ccc(-c2c(NC(=O)c3cccc(C)c3)n[nH]c2C)cc1OC. The van der Waals surface area contributed by atoms with E-state index < -0.39 is 0 Å². The first-order valence-electron chi connectivity index (χ1n) is 8.19. The zero-order valence-electron chi connectivity index (χ0n) is 15.2. The number of rotatable bonds is 5. The van der Waals surface area contributed by atoms with Gasteiger partial charge in [0.05, 0.1) is 14.2 Å². The van der Waals surface area contributed by atoms with E-state index >= 15 is 0 Å². The van der Waals surface area contributed by atoms with Gasteiger partial charge in [-0.1, -0.05) is 23.8 Å². The Bertz CT molecular complexity index is 947. The number of aromatic amines is 1. The van der Waals surface area contributed by atoms with E-state index in [1.165, 1.54) is 0 Å². The van der Waals surface area contributed by atoms with Gasteiger partial charge in [-0.2, -0.15) is 5.10 Å². The zero-order chi connectivity index (χ0) is 18.7. The lowest BCUT2D eigenvalue weighted by Gasteiger charge is -2.11. The topological polar surface area (TPSA) is 76.2 Å². The monoisotopic (exact) mass is 351 g/mol. The Kier molecular flexibility index (Phi) is 4.93. The average Bonchev–Trinajstić information content (AvgIpc) is 3.01. The molecule has 0 saturated heterocycles. The summed E-state index contributed by atoms with van der Waals surface area (Å²) in [6.45, 7) is 3.85. The number of benzene rings is 2. The summed E-state index contributed by atoms with van der Waals surface area (Å²) < 4.78 is 10.7. The third-order valence-corrected chi connectivity index (χ3v) is 4.13. The Hall–Kier alpha value is -3.28. The van der Waals surface area contributed by atoms with Crippen molar-refractivity contribution < 1.29 is 14.3 Å². The number of hydrogen-bond acceptors (Lipinski definition) is 4. The quantitative estimate of drug-likeness (QED) is 0.729. The summed E-state index contributed by atoms with van der Waals surface area (Å²) in [4.78, 5) is 12.6. The summed E-state index contributed by atoms with van der Waals surface area (Å²) in [6.07, 6.45) is 0. The van der Waals surface area contributed by atoms with Gasteiger partial charge in [-0.05, 0) is 43.7 Å². The van der Waals surface area contributed by atoms with E-state index in [2.05, 4.69) is 15.5 Å². The summed E-state index contributed by atoms with van der Waals surface area (Å²) in [5, 5.41) is 10.1. The van der Waals surface area contributed by atoms with Crippen molar-refractivity contribution in [3.05, 3.63) is 59.3 Å². The van der Waals surface area contributed by atoms with Gasteiger partial charge in [0.2, 0.25) is 0 Å². The highest BCUT2D eigenvalue weighted by atomic mass is 16.5. The zero-order valence-corrected chi connectivity index (χ0v) is 15.2. The standard InChI is InChI=1S/C20H21N3O3/c1-12-6-5-7-15(10-12)20(24)21-19-18(13(2)22-23-19)14-8-9-16(25-3)17(11-14)26-4/h5-11H,1-4H3,(H2,21,22,23,24). The molecule has 3 rings (SSSR count). The van der Waals surface area contributed by atoms with Crippen LogP contribution in [0.15, 0.2) is 42.5 Å². The van der Waals surface area contributed by atoms with Gasteiger partial charge in [-0.15, -0.1) is 0 Å². The van der Waals surface area contributed by atoms with Gasteiger partial charge in [0.15, 0.2) is 17.3 Å². The van der Waals surface area contributed by atoms with Crippen LogP contribution in [0.1, 0.15) is 21.6 Å². The summed E-state index contributed by atoms with van der Waals surface area (Å²) in [6, 6.07) is 13.0. The third kappa shape index (κ3) is 3.39.